The highest BCUT2D eigenvalue weighted by molar-refractivity contribution is 5.56. The maximum atomic E-state index is 9.94. The van der Waals surface area contributed by atoms with E-state index in [1.165, 1.54) is 7.11 Å². The number of hydrogen-bond acceptors (Lipinski definition) is 5. The van der Waals surface area contributed by atoms with Crippen molar-refractivity contribution < 1.29 is 24.4 Å². The summed E-state index contributed by atoms with van der Waals surface area (Å²) in [6.07, 6.45) is -0.171. The fourth-order valence-corrected chi connectivity index (χ4v) is 3.02. The van der Waals surface area contributed by atoms with Gasteiger partial charge in [0.2, 0.25) is 0 Å². The fourth-order valence-electron chi connectivity index (χ4n) is 3.02. The lowest BCUT2D eigenvalue weighted by molar-refractivity contribution is 0.139. The zero-order chi connectivity index (χ0) is 14.6. The molecule has 0 aromatic heterocycles. The molecule has 0 saturated heterocycles. The highest BCUT2D eigenvalue weighted by atomic mass is 16.5. The number of hydrogen-bond donors (Lipinski definition) is 2. The van der Waals surface area contributed by atoms with Crippen molar-refractivity contribution in [2.75, 3.05) is 13.7 Å². The molecule has 0 bridgehead atoms. The van der Waals surface area contributed by atoms with Crippen LogP contribution < -0.4 is 14.2 Å². The summed E-state index contributed by atoms with van der Waals surface area (Å²) < 4.78 is 16.9. The summed E-state index contributed by atoms with van der Waals surface area (Å²) in [4.78, 5) is 0. The van der Waals surface area contributed by atoms with E-state index in [-0.39, 0.29) is 23.5 Å². The summed E-state index contributed by atoms with van der Waals surface area (Å²) in [5.74, 6) is 2.01. The van der Waals surface area contributed by atoms with E-state index in [1.807, 2.05) is 6.07 Å². The van der Waals surface area contributed by atoms with Gasteiger partial charge in [-0.2, -0.15) is 0 Å². The molecule has 0 unspecified atom stereocenters. The molecule has 0 fully saturated rings. The van der Waals surface area contributed by atoms with Gasteiger partial charge in [0.25, 0.3) is 0 Å². The summed E-state index contributed by atoms with van der Waals surface area (Å²) in [7, 11) is 1.50. The van der Waals surface area contributed by atoms with Gasteiger partial charge in [0.05, 0.1) is 19.6 Å². The Labute approximate surface area is 121 Å². The minimum absolute atomic E-state index is 0.0221. The third-order valence-electron chi connectivity index (χ3n) is 4.05. The average Bonchev–Trinajstić information content (AvgIpc) is 2.83. The summed E-state index contributed by atoms with van der Waals surface area (Å²) in [5.41, 5.74) is 1.82. The standard InChI is InChI=1S/C16H14O5/c1-19-15-6-14-10(5-12(15)18)11-7-20-13-4-8(17)2-3-9(13)16(11)21-14/h2-6,11,16-18H,7H2,1H3/t11-,16-/m1/s1. The van der Waals surface area contributed by atoms with E-state index in [0.29, 0.717) is 23.9 Å². The molecule has 2 atom stereocenters. The maximum absolute atomic E-state index is 9.94. The van der Waals surface area contributed by atoms with Crippen LogP contribution in [0.5, 0.6) is 28.7 Å². The molecule has 2 aliphatic rings. The van der Waals surface area contributed by atoms with Crippen LogP contribution in [0.1, 0.15) is 23.1 Å². The second-order valence-corrected chi connectivity index (χ2v) is 5.24. The number of phenols is 2. The predicted molar refractivity (Wildman–Crippen MR) is 74.4 cm³/mol. The minimum atomic E-state index is -0.171. The summed E-state index contributed by atoms with van der Waals surface area (Å²) >= 11 is 0. The van der Waals surface area contributed by atoms with E-state index in [4.69, 9.17) is 14.2 Å². The maximum Gasteiger partial charge on any atom is 0.164 e. The second kappa shape index (κ2) is 4.22. The Kier molecular flexibility index (Phi) is 2.45. The molecule has 2 aliphatic heterocycles. The first kappa shape index (κ1) is 12.2. The van der Waals surface area contributed by atoms with Crippen LogP contribution in [-0.2, 0) is 0 Å². The summed E-state index contributed by atoms with van der Waals surface area (Å²) in [6, 6.07) is 8.39. The van der Waals surface area contributed by atoms with Gasteiger partial charge in [-0.25, -0.2) is 0 Å². The quantitative estimate of drug-likeness (QED) is 0.843. The molecule has 0 amide bonds. The number of benzene rings is 2. The molecule has 5 heteroatoms. The molecule has 108 valence electrons. The first-order valence-electron chi connectivity index (χ1n) is 6.70. The number of rotatable bonds is 1. The van der Waals surface area contributed by atoms with Crippen LogP contribution in [0.3, 0.4) is 0 Å². The molecular formula is C16H14O5. The SMILES string of the molecule is COc1cc2c(cc1O)[C@H]1COc3cc(O)ccc3[C@H]1O2. The molecule has 0 radical (unpaired) electrons. The predicted octanol–water partition coefficient (Wildman–Crippen LogP) is 2.72. The van der Waals surface area contributed by atoms with Gasteiger partial charge < -0.3 is 24.4 Å². The molecule has 2 heterocycles. The van der Waals surface area contributed by atoms with E-state index in [2.05, 4.69) is 0 Å². The molecule has 5 nitrogen and oxygen atoms in total. The number of fused-ring (bicyclic) bond motifs is 5. The van der Waals surface area contributed by atoms with Crippen molar-refractivity contribution in [1.82, 2.24) is 0 Å². The molecule has 2 aromatic carbocycles. The third-order valence-corrected chi connectivity index (χ3v) is 4.05. The van der Waals surface area contributed by atoms with Crippen molar-refractivity contribution in [2.24, 2.45) is 0 Å². The van der Waals surface area contributed by atoms with Crippen LogP contribution in [0.2, 0.25) is 0 Å². The molecule has 0 spiro atoms. The average molecular weight is 286 g/mol. The van der Waals surface area contributed by atoms with Gasteiger partial charge in [-0.3, -0.25) is 0 Å². The van der Waals surface area contributed by atoms with Gasteiger partial charge in [0.1, 0.15) is 23.4 Å². The van der Waals surface area contributed by atoms with Gasteiger partial charge in [-0.15, -0.1) is 0 Å². The Morgan fingerprint density at radius 1 is 1.10 bits per heavy atom. The molecule has 0 saturated carbocycles. The van der Waals surface area contributed by atoms with Crippen LogP contribution in [0, 0.1) is 0 Å². The largest absolute Gasteiger partial charge is 0.508 e. The van der Waals surface area contributed by atoms with Gasteiger partial charge in [0, 0.05) is 23.3 Å². The van der Waals surface area contributed by atoms with Crippen LogP contribution in [0.15, 0.2) is 30.3 Å². The van der Waals surface area contributed by atoms with Crippen molar-refractivity contribution in [2.45, 2.75) is 12.0 Å². The number of phenolic OH excluding ortho intramolecular Hbond substituents is 2. The number of aromatic hydroxyl groups is 2. The second-order valence-electron chi connectivity index (χ2n) is 5.24. The molecular weight excluding hydrogens is 272 g/mol. The van der Waals surface area contributed by atoms with Gasteiger partial charge >= 0.3 is 0 Å². The van der Waals surface area contributed by atoms with Crippen molar-refractivity contribution in [3.8, 4) is 28.7 Å². The summed E-state index contributed by atoms with van der Waals surface area (Å²) in [5, 5.41) is 19.5. The molecule has 0 aliphatic carbocycles. The van der Waals surface area contributed by atoms with Gasteiger partial charge in [-0.1, -0.05) is 0 Å². The van der Waals surface area contributed by atoms with Crippen LogP contribution in [-0.4, -0.2) is 23.9 Å². The van der Waals surface area contributed by atoms with Crippen molar-refractivity contribution in [1.29, 1.82) is 0 Å². The van der Waals surface area contributed by atoms with E-state index in [0.717, 1.165) is 11.1 Å². The molecule has 21 heavy (non-hydrogen) atoms. The van der Waals surface area contributed by atoms with E-state index in [9.17, 15) is 10.2 Å². The third kappa shape index (κ3) is 1.70. The van der Waals surface area contributed by atoms with Gasteiger partial charge in [-0.05, 0) is 18.2 Å². The van der Waals surface area contributed by atoms with Gasteiger partial charge in [0.15, 0.2) is 11.5 Å². The fraction of sp³-hybridized carbons (Fsp3) is 0.250. The summed E-state index contributed by atoms with van der Waals surface area (Å²) in [6.45, 7) is 0.444. The number of methoxy groups -OCH3 is 1. The Morgan fingerprint density at radius 2 is 1.95 bits per heavy atom. The molecule has 4 rings (SSSR count). The van der Waals surface area contributed by atoms with E-state index < -0.39 is 0 Å². The van der Waals surface area contributed by atoms with Crippen molar-refractivity contribution in [3.63, 3.8) is 0 Å². The Morgan fingerprint density at radius 3 is 2.76 bits per heavy atom. The normalized spacial score (nSPS) is 21.6. The first-order valence-corrected chi connectivity index (χ1v) is 6.70. The Balaban J connectivity index is 1.80. The zero-order valence-corrected chi connectivity index (χ0v) is 11.4. The highest BCUT2D eigenvalue weighted by Gasteiger charge is 2.41. The van der Waals surface area contributed by atoms with Crippen LogP contribution in [0.4, 0.5) is 0 Å². The topological polar surface area (TPSA) is 68.2 Å². The highest BCUT2D eigenvalue weighted by Crippen LogP contribution is 2.53. The lowest BCUT2D eigenvalue weighted by Gasteiger charge is -2.27. The lowest BCUT2D eigenvalue weighted by atomic mass is 9.89. The van der Waals surface area contributed by atoms with Crippen LogP contribution >= 0.6 is 0 Å². The van der Waals surface area contributed by atoms with Crippen molar-refractivity contribution in [3.05, 3.63) is 41.5 Å². The van der Waals surface area contributed by atoms with E-state index >= 15 is 0 Å². The van der Waals surface area contributed by atoms with Crippen molar-refractivity contribution >= 4 is 0 Å². The Hall–Kier alpha value is -2.56. The number of ether oxygens (including phenoxy) is 3. The lowest BCUT2D eigenvalue weighted by Crippen LogP contribution is -2.22. The first-order chi connectivity index (χ1) is 10.2. The van der Waals surface area contributed by atoms with E-state index in [1.54, 1.807) is 24.3 Å². The van der Waals surface area contributed by atoms with Crippen LogP contribution in [0.25, 0.3) is 0 Å². The zero-order valence-electron chi connectivity index (χ0n) is 11.4. The Bertz CT molecular complexity index is 725. The molecule has 2 N–H and O–H groups in total. The molecule has 2 aromatic rings. The monoisotopic (exact) mass is 286 g/mol. The smallest absolute Gasteiger partial charge is 0.164 e. The minimum Gasteiger partial charge on any atom is -0.508 e.